The molecule has 1 aromatic carbocycles. The molecule has 0 spiro atoms. The van der Waals surface area contributed by atoms with E-state index in [1.54, 1.807) is 4.90 Å². The van der Waals surface area contributed by atoms with Crippen molar-refractivity contribution in [1.29, 1.82) is 0 Å². The van der Waals surface area contributed by atoms with Crippen LogP contribution in [-0.2, 0) is 4.79 Å². The Hall–Kier alpha value is -1.64. The van der Waals surface area contributed by atoms with E-state index in [0.29, 0.717) is 13.0 Å². The Labute approximate surface area is 114 Å². The third-order valence-corrected chi connectivity index (χ3v) is 3.84. The van der Waals surface area contributed by atoms with Gasteiger partial charge in [-0.2, -0.15) is 0 Å². The lowest BCUT2D eigenvalue weighted by Gasteiger charge is -2.24. The Morgan fingerprint density at radius 1 is 1.32 bits per heavy atom. The monoisotopic (exact) mass is 259 g/mol. The van der Waals surface area contributed by atoms with E-state index >= 15 is 0 Å². The average Bonchev–Trinajstić information content (AvgIpc) is 2.89. The molecular weight excluding hydrogens is 238 g/mol. The first-order valence-electron chi connectivity index (χ1n) is 6.95. The van der Waals surface area contributed by atoms with Gasteiger partial charge in [0.1, 0.15) is 0 Å². The van der Waals surface area contributed by atoms with Gasteiger partial charge in [0.2, 0.25) is 5.91 Å². The Bertz CT molecular complexity index is 507. The molecule has 0 bridgehead atoms. The molecule has 1 amide bonds. The van der Waals surface area contributed by atoms with E-state index in [1.807, 2.05) is 39.0 Å². The molecule has 1 unspecified atom stereocenters. The molecule has 1 aromatic rings. The average molecular weight is 259 g/mol. The van der Waals surface area contributed by atoms with Crippen molar-refractivity contribution in [2.24, 2.45) is 0 Å². The normalized spacial score (nSPS) is 18.7. The molecule has 1 fully saturated rings. The van der Waals surface area contributed by atoms with Gasteiger partial charge in [-0.3, -0.25) is 9.59 Å². The van der Waals surface area contributed by atoms with Crippen molar-refractivity contribution in [1.82, 2.24) is 4.90 Å². The molecule has 0 radical (unpaired) electrons. The lowest BCUT2D eigenvalue weighted by atomic mass is 9.96. The van der Waals surface area contributed by atoms with Gasteiger partial charge in [-0.1, -0.05) is 24.6 Å². The van der Waals surface area contributed by atoms with Crippen molar-refractivity contribution in [3.63, 3.8) is 0 Å². The van der Waals surface area contributed by atoms with Crippen molar-refractivity contribution in [2.45, 2.75) is 46.1 Å². The highest BCUT2D eigenvalue weighted by atomic mass is 16.2. The van der Waals surface area contributed by atoms with Crippen LogP contribution in [0.3, 0.4) is 0 Å². The van der Waals surface area contributed by atoms with Crippen LogP contribution >= 0.6 is 0 Å². The van der Waals surface area contributed by atoms with E-state index in [0.717, 1.165) is 29.5 Å². The smallest absolute Gasteiger partial charge is 0.222 e. The number of carbonyl (C=O) groups excluding carboxylic acids is 2. The van der Waals surface area contributed by atoms with Crippen LogP contribution in [0.1, 0.15) is 47.7 Å². The van der Waals surface area contributed by atoms with Gasteiger partial charge >= 0.3 is 0 Å². The van der Waals surface area contributed by atoms with Gasteiger partial charge in [0.15, 0.2) is 5.78 Å². The van der Waals surface area contributed by atoms with E-state index in [4.69, 9.17) is 0 Å². The third kappa shape index (κ3) is 2.70. The van der Waals surface area contributed by atoms with Crippen LogP contribution in [0.25, 0.3) is 0 Å². The summed E-state index contributed by atoms with van der Waals surface area (Å²) in [6.45, 7) is 6.50. The minimum Gasteiger partial charge on any atom is -0.332 e. The Kier molecular flexibility index (Phi) is 4.03. The molecule has 0 aliphatic carbocycles. The van der Waals surface area contributed by atoms with Gasteiger partial charge < -0.3 is 4.90 Å². The quantitative estimate of drug-likeness (QED) is 0.783. The van der Waals surface area contributed by atoms with Gasteiger partial charge in [-0.05, 0) is 38.3 Å². The van der Waals surface area contributed by atoms with Crippen LogP contribution in [0, 0.1) is 13.8 Å². The van der Waals surface area contributed by atoms with Crippen LogP contribution in [0.15, 0.2) is 18.2 Å². The predicted molar refractivity (Wildman–Crippen MR) is 75.3 cm³/mol. The van der Waals surface area contributed by atoms with E-state index < -0.39 is 0 Å². The summed E-state index contributed by atoms with van der Waals surface area (Å²) in [6.07, 6.45) is 2.18. The predicted octanol–water partition coefficient (Wildman–Crippen LogP) is 2.89. The molecule has 1 saturated heterocycles. The fourth-order valence-electron chi connectivity index (χ4n) is 2.72. The van der Waals surface area contributed by atoms with Gasteiger partial charge in [-0.25, -0.2) is 0 Å². The van der Waals surface area contributed by atoms with E-state index in [1.165, 1.54) is 0 Å². The van der Waals surface area contributed by atoms with Gasteiger partial charge in [0.25, 0.3) is 0 Å². The van der Waals surface area contributed by atoms with Crippen molar-refractivity contribution >= 4 is 11.7 Å². The van der Waals surface area contributed by atoms with Crippen molar-refractivity contribution in [2.75, 3.05) is 6.54 Å². The minimum atomic E-state index is -0.257. The molecule has 3 nitrogen and oxygen atoms in total. The number of amides is 1. The first kappa shape index (κ1) is 13.8. The Morgan fingerprint density at radius 3 is 2.74 bits per heavy atom. The molecule has 1 aliphatic rings. The summed E-state index contributed by atoms with van der Waals surface area (Å²) in [6, 6.07) is 5.66. The molecule has 2 rings (SSSR count). The molecule has 19 heavy (non-hydrogen) atoms. The van der Waals surface area contributed by atoms with Gasteiger partial charge in [0.05, 0.1) is 6.04 Å². The summed E-state index contributed by atoms with van der Waals surface area (Å²) in [5, 5.41) is 0. The number of aryl methyl sites for hydroxylation is 2. The molecule has 102 valence electrons. The summed E-state index contributed by atoms with van der Waals surface area (Å²) in [5.74, 6) is 0.182. The second-order valence-electron chi connectivity index (χ2n) is 5.28. The van der Waals surface area contributed by atoms with E-state index in [-0.39, 0.29) is 17.7 Å². The molecule has 1 aliphatic heterocycles. The summed E-state index contributed by atoms with van der Waals surface area (Å²) < 4.78 is 0. The number of benzene rings is 1. The molecule has 0 N–H and O–H groups in total. The number of ketones is 1. The number of Topliss-reactive ketones (excluding diaryl/α,β-unsaturated/α-hetero) is 1. The second-order valence-corrected chi connectivity index (χ2v) is 5.28. The standard InChI is InChI=1S/C16H21NO2/c1-4-15(18)17-9-5-6-14(17)16(19)13-10-11(2)7-8-12(13)3/h7-8,10,14H,4-6,9H2,1-3H3. The van der Waals surface area contributed by atoms with Crippen LogP contribution in [0.2, 0.25) is 0 Å². The topological polar surface area (TPSA) is 37.4 Å². The number of hydrogen-bond acceptors (Lipinski definition) is 2. The number of hydrogen-bond donors (Lipinski definition) is 0. The first-order valence-corrected chi connectivity index (χ1v) is 6.95. The first-order chi connectivity index (χ1) is 9.04. The summed E-state index contributed by atoms with van der Waals surface area (Å²) in [7, 11) is 0. The minimum absolute atomic E-state index is 0.0844. The van der Waals surface area contributed by atoms with E-state index in [2.05, 4.69) is 0 Å². The number of likely N-dealkylation sites (tertiary alicyclic amines) is 1. The fraction of sp³-hybridized carbons (Fsp3) is 0.500. The molecule has 1 heterocycles. The SMILES string of the molecule is CCC(=O)N1CCCC1C(=O)c1cc(C)ccc1C. The third-order valence-electron chi connectivity index (χ3n) is 3.84. The van der Waals surface area contributed by atoms with E-state index in [9.17, 15) is 9.59 Å². The lowest BCUT2D eigenvalue weighted by Crippen LogP contribution is -2.40. The Morgan fingerprint density at radius 2 is 2.05 bits per heavy atom. The van der Waals surface area contributed by atoms with Crippen LogP contribution in [0.5, 0.6) is 0 Å². The highest BCUT2D eigenvalue weighted by Gasteiger charge is 2.34. The number of rotatable bonds is 3. The lowest BCUT2D eigenvalue weighted by molar-refractivity contribution is -0.131. The highest BCUT2D eigenvalue weighted by molar-refractivity contribution is 6.03. The van der Waals surface area contributed by atoms with Gasteiger partial charge in [-0.15, -0.1) is 0 Å². The van der Waals surface area contributed by atoms with Crippen molar-refractivity contribution in [3.8, 4) is 0 Å². The largest absolute Gasteiger partial charge is 0.332 e. The number of carbonyl (C=O) groups is 2. The fourth-order valence-corrected chi connectivity index (χ4v) is 2.72. The van der Waals surface area contributed by atoms with Crippen molar-refractivity contribution < 1.29 is 9.59 Å². The van der Waals surface area contributed by atoms with Crippen LogP contribution in [-0.4, -0.2) is 29.2 Å². The summed E-state index contributed by atoms with van der Waals surface area (Å²) >= 11 is 0. The molecule has 0 saturated carbocycles. The zero-order valence-electron chi connectivity index (χ0n) is 11.9. The molecule has 3 heteroatoms. The number of nitrogens with zero attached hydrogens (tertiary/aromatic N) is 1. The zero-order valence-corrected chi connectivity index (χ0v) is 11.9. The Balaban J connectivity index is 2.28. The van der Waals surface area contributed by atoms with Crippen molar-refractivity contribution in [3.05, 3.63) is 34.9 Å². The molecule has 0 aromatic heterocycles. The maximum atomic E-state index is 12.7. The van der Waals surface area contributed by atoms with Crippen LogP contribution in [0.4, 0.5) is 0 Å². The summed E-state index contributed by atoms with van der Waals surface area (Å²) in [4.78, 5) is 26.3. The maximum Gasteiger partial charge on any atom is 0.222 e. The maximum absolute atomic E-state index is 12.7. The van der Waals surface area contributed by atoms with Crippen LogP contribution < -0.4 is 0 Å². The molecular formula is C16H21NO2. The van der Waals surface area contributed by atoms with Gasteiger partial charge in [0, 0.05) is 18.5 Å². The molecule has 1 atom stereocenters. The summed E-state index contributed by atoms with van der Waals surface area (Å²) in [5.41, 5.74) is 2.84. The highest BCUT2D eigenvalue weighted by Crippen LogP contribution is 2.24. The second kappa shape index (κ2) is 5.55. The zero-order chi connectivity index (χ0) is 14.0.